The van der Waals surface area contributed by atoms with Crippen molar-refractivity contribution in [3.8, 4) is 0 Å². The summed E-state index contributed by atoms with van der Waals surface area (Å²) in [4.78, 5) is 39.9. The molecule has 0 rings (SSSR count). The maximum atomic E-state index is 13.5. The number of rotatable bonds is 51. The van der Waals surface area contributed by atoms with Crippen LogP contribution in [0.3, 0.4) is 0 Å². The summed E-state index contributed by atoms with van der Waals surface area (Å²) in [5.41, 5.74) is 0. The average Bonchev–Trinajstić information content (AvgIpc) is 3.35. The highest BCUT2D eigenvalue weighted by atomic mass is 31.2. The number of hydrogen-bond donors (Lipinski definition) is 1. The molecule has 9 nitrogen and oxygen atoms in total. The second kappa shape index (κ2) is 52.1. The summed E-state index contributed by atoms with van der Waals surface area (Å²) < 4.78 is 30.2. The van der Waals surface area contributed by atoms with Crippen LogP contribution in [0, 0.1) is 0 Å². The minimum Gasteiger partial charge on any atom is -0.756 e. The number of nitrogens with zero attached hydrogens (tertiary/aromatic N) is 1. The molecule has 1 N–H and O–H groups in total. The first kappa shape index (κ1) is 69.7. The van der Waals surface area contributed by atoms with Gasteiger partial charge in [0.2, 0.25) is 5.91 Å². The summed E-state index contributed by atoms with van der Waals surface area (Å²) in [7, 11) is 1.12. The second-order valence-corrected chi connectivity index (χ2v) is 21.8. The van der Waals surface area contributed by atoms with Gasteiger partial charge < -0.3 is 28.5 Å². The molecule has 0 radical (unpaired) electrons. The van der Waals surface area contributed by atoms with Crippen LogP contribution in [0.2, 0.25) is 0 Å². The molecule has 73 heavy (non-hydrogen) atoms. The molecule has 1 amide bonds. The number of amides is 1. The smallest absolute Gasteiger partial charge is 0.306 e. The highest BCUT2D eigenvalue weighted by Gasteiger charge is 2.27. The minimum absolute atomic E-state index is 0.0412. The number of carbonyl (C=O) groups excluding carboxylic acids is 2. The Kier molecular flexibility index (Phi) is 49.7. The first-order chi connectivity index (χ1) is 35.4. The largest absolute Gasteiger partial charge is 0.756 e. The number of phosphoric acid groups is 1. The van der Waals surface area contributed by atoms with Gasteiger partial charge in [-0.25, -0.2) is 0 Å². The van der Waals surface area contributed by atoms with E-state index in [-0.39, 0.29) is 25.4 Å². The number of likely N-dealkylation sites (N-methyl/N-ethyl adjacent to an activating group) is 1. The Labute approximate surface area is 449 Å². The van der Waals surface area contributed by atoms with E-state index in [1.165, 1.54) is 83.5 Å². The van der Waals surface area contributed by atoms with E-state index in [1.807, 2.05) is 27.2 Å². The molecule has 0 spiro atoms. The zero-order valence-corrected chi connectivity index (χ0v) is 48.4. The van der Waals surface area contributed by atoms with Gasteiger partial charge in [0, 0.05) is 12.8 Å². The molecule has 0 aliphatic heterocycles. The van der Waals surface area contributed by atoms with Gasteiger partial charge in [0.05, 0.1) is 33.8 Å². The van der Waals surface area contributed by atoms with Gasteiger partial charge in [-0.05, 0) is 109 Å². The van der Waals surface area contributed by atoms with Crippen LogP contribution in [-0.4, -0.2) is 69.4 Å². The fourth-order valence-electron chi connectivity index (χ4n) is 7.68. The first-order valence-electron chi connectivity index (χ1n) is 29.2. The molecule has 0 aliphatic carbocycles. The monoisotopic (exact) mass is 1040 g/mol. The van der Waals surface area contributed by atoms with Crippen LogP contribution in [0.1, 0.15) is 226 Å². The quantitative estimate of drug-likeness (QED) is 0.0212. The fraction of sp³-hybridized carbons (Fsp3) is 0.683. The van der Waals surface area contributed by atoms with Crippen molar-refractivity contribution in [2.45, 2.75) is 238 Å². The molecule has 0 saturated carbocycles. The van der Waals surface area contributed by atoms with Crippen molar-refractivity contribution in [2.75, 3.05) is 40.9 Å². The summed E-state index contributed by atoms with van der Waals surface area (Å²) >= 11 is 0. The second-order valence-electron chi connectivity index (χ2n) is 20.4. The maximum absolute atomic E-state index is 13.5. The highest BCUT2D eigenvalue weighted by Crippen LogP contribution is 2.38. The van der Waals surface area contributed by atoms with Crippen LogP contribution in [0.5, 0.6) is 0 Å². The summed E-state index contributed by atoms with van der Waals surface area (Å²) in [5.74, 6) is -0.642. The highest BCUT2D eigenvalue weighted by molar-refractivity contribution is 7.45. The van der Waals surface area contributed by atoms with Crippen LogP contribution >= 0.6 is 7.82 Å². The van der Waals surface area contributed by atoms with E-state index in [9.17, 15) is 19.0 Å². The van der Waals surface area contributed by atoms with Crippen molar-refractivity contribution >= 4 is 19.7 Å². The molecule has 0 aromatic carbocycles. The van der Waals surface area contributed by atoms with E-state index >= 15 is 0 Å². The van der Waals surface area contributed by atoms with Crippen molar-refractivity contribution in [3.05, 3.63) is 109 Å². The Bertz CT molecular complexity index is 1620. The summed E-state index contributed by atoms with van der Waals surface area (Å²) in [6.45, 7) is 6.63. The third kappa shape index (κ3) is 53.3. The Morgan fingerprint density at radius 3 is 1.37 bits per heavy atom. The van der Waals surface area contributed by atoms with Gasteiger partial charge in [-0.3, -0.25) is 14.2 Å². The molecule has 0 heterocycles. The third-order valence-electron chi connectivity index (χ3n) is 12.2. The molecule has 0 saturated heterocycles. The molecular formula is C63H109N2O7P. The summed E-state index contributed by atoms with van der Waals surface area (Å²) in [5, 5.41) is 2.99. The van der Waals surface area contributed by atoms with Crippen LogP contribution in [0.4, 0.5) is 0 Å². The number of nitrogens with one attached hydrogen (secondary N) is 1. The van der Waals surface area contributed by atoms with Gasteiger partial charge in [0.1, 0.15) is 19.3 Å². The molecule has 0 aromatic rings. The maximum Gasteiger partial charge on any atom is 0.306 e. The molecule has 0 fully saturated rings. The van der Waals surface area contributed by atoms with Gasteiger partial charge >= 0.3 is 5.97 Å². The standard InChI is InChI=1S/C63H109N2O7P/c1-7-10-13-16-19-22-25-28-30-32-34-37-40-43-46-49-52-55-62(66)64-60(59-71-73(68,69)70-58-57-65(4,5)6)61(54-51-48-45-42-39-36-27-24-21-18-15-12-9-3)72-63(67)56-53-50-47-44-41-38-35-33-31-29-26-23-20-17-14-11-8-2/h11,14,19-20,22-23,28-31,34-35,37-38,44,47,51,54,60-61H,7-10,12-13,15-18,21,24-27,32-33,36,39-43,45-46,48-50,52-53,55-59H2,1-6H3,(H-,64,66,68,69)/b14-11-,22-19-,23-20-,30-28-,31-29-,37-34-,38-35-,47-44-,54-51+. The van der Waals surface area contributed by atoms with Gasteiger partial charge in [-0.2, -0.15) is 0 Å². The van der Waals surface area contributed by atoms with E-state index in [0.717, 1.165) is 96.3 Å². The van der Waals surface area contributed by atoms with Crippen LogP contribution in [-0.2, 0) is 27.9 Å². The van der Waals surface area contributed by atoms with Crippen molar-refractivity contribution in [1.82, 2.24) is 5.32 Å². The Morgan fingerprint density at radius 2 is 0.890 bits per heavy atom. The lowest BCUT2D eigenvalue weighted by Gasteiger charge is -2.30. The Morgan fingerprint density at radius 1 is 0.493 bits per heavy atom. The van der Waals surface area contributed by atoms with Gasteiger partial charge in [0.25, 0.3) is 7.82 Å². The number of phosphoric ester groups is 1. The molecule has 10 heteroatoms. The number of carbonyl (C=O) groups is 2. The number of unbranched alkanes of at least 4 members (excludes halogenated alkanes) is 19. The van der Waals surface area contributed by atoms with Crippen molar-refractivity contribution in [3.63, 3.8) is 0 Å². The number of hydrogen-bond acceptors (Lipinski definition) is 7. The number of quaternary nitrogens is 1. The van der Waals surface area contributed by atoms with Gasteiger partial charge in [-0.15, -0.1) is 0 Å². The molecule has 3 atom stereocenters. The molecule has 0 bridgehead atoms. The van der Waals surface area contributed by atoms with E-state index in [1.54, 1.807) is 6.08 Å². The third-order valence-corrected chi connectivity index (χ3v) is 13.2. The number of ether oxygens (including phenoxy) is 1. The molecular weight excluding hydrogens is 928 g/mol. The predicted octanol–water partition coefficient (Wildman–Crippen LogP) is 17.1. The summed E-state index contributed by atoms with van der Waals surface area (Å²) in [6, 6.07) is -0.929. The topological polar surface area (TPSA) is 114 Å². The normalized spacial score (nSPS) is 14.6. The molecule has 3 unspecified atom stereocenters. The fourth-order valence-corrected chi connectivity index (χ4v) is 8.40. The van der Waals surface area contributed by atoms with Crippen LogP contribution < -0.4 is 10.2 Å². The van der Waals surface area contributed by atoms with Crippen LogP contribution in [0.25, 0.3) is 0 Å². The molecule has 0 aromatic heterocycles. The molecule has 418 valence electrons. The first-order valence-corrected chi connectivity index (χ1v) is 30.7. The average molecular weight is 1040 g/mol. The van der Waals surface area contributed by atoms with E-state index in [2.05, 4.69) is 123 Å². The lowest BCUT2D eigenvalue weighted by atomic mass is 10.0. The van der Waals surface area contributed by atoms with Gasteiger partial charge in [-0.1, -0.05) is 214 Å². The van der Waals surface area contributed by atoms with Crippen molar-refractivity contribution in [2.24, 2.45) is 0 Å². The summed E-state index contributed by atoms with van der Waals surface area (Å²) in [6.07, 6.45) is 70.6. The molecule has 0 aliphatic rings. The van der Waals surface area contributed by atoms with E-state index < -0.39 is 32.5 Å². The van der Waals surface area contributed by atoms with Crippen molar-refractivity contribution in [1.29, 1.82) is 0 Å². The Hall–Kier alpha value is -3.33. The number of esters is 1. The SMILES string of the molecule is CC/C=C\C/C=C\C/C=C\C/C=C\C/C=C\CCCC(=O)OC(/C=C/CCCCCCCCCCCCC)C(COP(=O)([O-])OCC[N+](C)(C)C)NC(=O)CCCCCC/C=C\C/C=C\C/C=C\CCCCC. The number of allylic oxidation sites excluding steroid dienone is 17. The van der Waals surface area contributed by atoms with Gasteiger partial charge in [0.15, 0.2) is 0 Å². The van der Waals surface area contributed by atoms with E-state index in [4.69, 9.17) is 13.8 Å². The Balaban J connectivity index is 5.51. The van der Waals surface area contributed by atoms with Crippen LogP contribution in [0.15, 0.2) is 109 Å². The zero-order chi connectivity index (χ0) is 53.6. The minimum atomic E-state index is -4.72. The zero-order valence-electron chi connectivity index (χ0n) is 47.5. The van der Waals surface area contributed by atoms with Crippen molar-refractivity contribution < 1.29 is 37.3 Å². The lowest BCUT2D eigenvalue weighted by molar-refractivity contribution is -0.870. The lowest BCUT2D eigenvalue weighted by Crippen LogP contribution is -2.47. The van der Waals surface area contributed by atoms with E-state index in [0.29, 0.717) is 23.9 Å². The predicted molar refractivity (Wildman–Crippen MR) is 311 cm³/mol.